The van der Waals surface area contributed by atoms with Gasteiger partial charge in [-0.3, -0.25) is 0 Å². The lowest BCUT2D eigenvalue weighted by Gasteiger charge is -2.40. The highest BCUT2D eigenvalue weighted by Crippen LogP contribution is 2.61. The molecule has 0 saturated carbocycles. The van der Waals surface area contributed by atoms with Crippen LogP contribution in [0.2, 0.25) is 0 Å². The van der Waals surface area contributed by atoms with Gasteiger partial charge in [-0.05, 0) is 61.4 Å². The van der Waals surface area contributed by atoms with Crippen molar-refractivity contribution in [2.45, 2.75) is 5.41 Å². The molecular weight excluding hydrogens is 466 g/mol. The third-order valence-electron chi connectivity index (χ3n) is 7.67. The summed E-state index contributed by atoms with van der Waals surface area (Å²) in [6, 6.07) is 40.3. The molecule has 2 heteroatoms. The van der Waals surface area contributed by atoms with E-state index in [-0.39, 0.29) is 5.41 Å². The summed E-state index contributed by atoms with van der Waals surface area (Å²) in [6.45, 7) is 0. The molecular formula is C31H18BrN. The van der Waals surface area contributed by atoms with E-state index in [0.29, 0.717) is 0 Å². The highest BCUT2D eigenvalue weighted by Gasteiger charge is 2.50. The quantitative estimate of drug-likeness (QED) is 0.204. The highest BCUT2D eigenvalue weighted by atomic mass is 79.9. The first-order valence-electron chi connectivity index (χ1n) is 11.3. The second-order valence-corrected chi connectivity index (χ2v) is 9.89. The molecule has 154 valence electrons. The van der Waals surface area contributed by atoms with Crippen molar-refractivity contribution in [2.75, 3.05) is 0 Å². The Balaban J connectivity index is 1.72. The van der Waals surface area contributed by atoms with E-state index in [1.165, 1.54) is 60.9 Å². The minimum Gasteiger partial charge on any atom is -0.307 e. The lowest BCUT2D eigenvalue weighted by Crippen LogP contribution is -2.33. The van der Waals surface area contributed by atoms with Gasteiger partial charge in [-0.25, -0.2) is 0 Å². The molecule has 0 bridgehead atoms. The van der Waals surface area contributed by atoms with Gasteiger partial charge in [-0.1, -0.05) is 97.1 Å². The van der Waals surface area contributed by atoms with Gasteiger partial charge in [0.05, 0.1) is 22.1 Å². The maximum Gasteiger partial charge on any atom is 0.0754 e. The Morgan fingerprint density at radius 2 is 1.09 bits per heavy atom. The number of rotatable bonds is 0. The second-order valence-electron chi connectivity index (χ2n) is 9.03. The Bertz CT molecular complexity index is 1740. The van der Waals surface area contributed by atoms with Gasteiger partial charge in [0.1, 0.15) is 0 Å². The molecule has 6 aromatic rings. The van der Waals surface area contributed by atoms with Gasteiger partial charge in [0.2, 0.25) is 0 Å². The molecule has 0 unspecified atom stereocenters. The fraction of sp³-hybridized carbons (Fsp3) is 0.0323. The molecule has 5 aromatic carbocycles. The Hall–Kier alpha value is -3.62. The van der Waals surface area contributed by atoms with Crippen LogP contribution in [-0.2, 0) is 5.41 Å². The van der Waals surface area contributed by atoms with Crippen molar-refractivity contribution < 1.29 is 0 Å². The summed E-state index contributed by atoms with van der Waals surface area (Å²) in [6.07, 6.45) is 0. The van der Waals surface area contributed by atoms with E-state index in [9.17, 15) is 0 Å². The summed E-state index contributed by atoms with van der Waals surface area (Å²) in [5.41, 5.74) is 11.6. The van der Waals surface area contributed by atoms with Crippen molar-refractivity contribution in [2.24, 2.45) is 0 Å². The van der Waals surface area contributed by atoms with Crippen LogP contribution in [0.4, 0.5) is 0 Å². The third kappa shape index (κ3) is 1.92. The number of nitrogens with zero attached hydrogens (tertiary/aromatic N) is 1. The van der Waals surface area contributed by atoms with Crippen molar-refractivity contribution in [3.63, 3.8) is 0 Å². The molecule has 0 saturated heterocycles. The molecule has 2 aliphatic rings. The van der Waals surface area contributed by atoms with E-state index in [1.54, 1.807) is 0 Å². The number of hydrogen-bond donors (Lipinski definition) is 0. The highest BCUT2D eigenvalue weighted by molar-refractivity contribution is 9.10. The lowest BCUT2D eigenvalue weighted by atomic mass is 9.65. The zero-order valence-corrected chi connectivity index (χ0v) is 19.3. The first kappa shape index (κ1) is 17.9. The summed E-state index contributed by atoms with van der Waals surface area (Å²) in [7, 11) is 0. The molecule has 1 aliphatic heterocycles. The van der Waals surface area contributed by atoms with Gasteiger partial charge >= 0.3 is 0 Å². The number of fused-ring (bicyclic) bond motifs is 12. The van der Waals surface area contributed by atoms with Crippen LogP contribution < -0.4 is 0 Å². The van der Waals surface area contributed by atoms with Crippen LogP contribution in [-0.4, -0.2) is 4.57 Å². The molecule has 8 rings (SSSR count). The first-order chi connectivity index (χ1) is 16.3. The molecule has 1 spiro atoms. The summed E-state index contributed by atoms with van der Waals surface area (Å²) >= 11 is 3.96. The SMILES string of the molecule is Brc1cccc2c1-n1c3ccccc3c3cccc(c31)C21c2ccccc2-c2ccccc21. The molecule has 0 N–H and O–H groups in total. The maximum atomic E-state index is 3.96. The zero-order valence-electron chi connectivity index (χ0n) is 17.7. The monoisotopic (exact) mass is 483 g/mol. The Morgan fingerprint density at radius 1 is 0.515 bits per heavy atom. The topological polar surface area (TPSA) is 4.93 Å². The standard InChI is InChI=1S/C31H18BrN/c32-27-17-8-16-26-30(27)33-28-18-6-3-11-21(28)22-12-7-15-25(29(22)33)31(26)23-13-4-1-9-19(23)20-10-2-5-14-24(20)31/h1-18H. The van der Waals surface area contributed by atoms with Gasteiger partial charge in [-0.2, -0.15) is 0 Å². The number of halogens is 1. The summed E-state index contributed by atoms with van der Waals surface area (Å²) in [5, 5.41) is 2.61. The molecule has 0 atom stereocenters. The molecule has 0 amide bonds. The number of hydrogen-bond acceptors (Lipinski definition) is 0. The largest absolute Gasteiger partial charge is 0.307 e. The van der Waals surface area contributed by atoms with Crippen molar-refractivity contribution in [1.82, 2.24) is 4.57 Å². The van der Waals surface area contributed by atoms with Crippen LogP contribution in [0.5, 0.6) is 0 Å². The van der Waals surface area contributed by atoms with Gasteiger partial charge in [0.25, 0.3) is 0 Å². The van der Waals surface area contributed by atoms with E-state index in [0.717, 1.165) is 4.47 Å². The Kier molecular flexibility index (Phi) is 3.27. The molecule has 1 aliphatic carbocycles. The first-order valence-corrected chi connectivity index (χ1v) is 12.1. The van der Waals surface area contributed by atoms with Gasteiger partial charge in [0.15, 0.2) is 0 Å². The predicted octanol–water partition coefficient (Wildman–Crippen LogP) is 8.22. The molecule has 0 radical (unpaired) electrons. The van der Waals surface area contributed by atoms with Gasteiger partial charge in [0, 0.05) is 15.2 Å². The Morgan fingerprint density at radius 3 is 1.88 bits per heavy atom. The van der Waals surface area contributed by atoms with Crippen molar-refractivity contribution >= 4 is 37.7 Å². The normalized spacial score (nSPS) is 14.5. The van der Waals surface area contributed by atoms with Crippen LogP contribution in [0.3, 0.4) is 0 Å². The lowest BCUT2D eigenvalue weighted by molar-refractivity contribution is 0.747. The number of para-hydroxylation sites is 3. The van der Waals surface area contributed by atoms with Gasteiger partial charge in [-0.15, -0.1) is 0 Å². The smallest absolute Gasteiger partial charge is 0.0754 e. The average Bonchev–Trinajstić information content (AvgIpc) is 3.35. The predicted molar refractivity (Wildman–Crippen MR) is 139 cm³/mol. The maximum absolute atomic E-state index is 3.96. The fourth-order valence-electron chi connectivity index (χ4n) is 6.56. The van der Waals surface area contributed by atoms with Crippen molar-refractivity contribution in [1.29, 1.82) is 0 Å². The molecule has 1 nitrogen and oxygen atoms in total. The molecule has 2 heterocycles. The van der Waals surface area contributed by atoms with Crippen molar-refractivity contribution in [3.05, 3.63) is 136 Å². The van der Waals surface area contributed by atoms with Crippen LogP contribution in [0.1, 0.15) is 22.3 Å². The minimum absolute atomic E-state index is 0.351. The second kappa shape index (κ2) is 6.03. The van der Waals surface area contributed by atoms with E-state index in [4.69, 9.17) is 0 Å². The molecule has 1 aromatic heterocycles. The van der Waals surface area contributed by atoms with E-state index in [2.05, 4.69) is 130 Å². The summed E-state index contributed by atoms with van der Waals surface area (Å²) < 4.78 is 3.60. The van der Waals surface area contributed by atoms with Crippen LogP contribution >= 0.6 is 15.9 Å². The fourth-order valence-corrected chi connectivity index (χ4v) is 7.10. The Labute approximate surface area is 200 Å². The number of benzene rings is 5. The molecule has 0 fully saturated rings. The van der Waals surface area contributed by atoms with E-state index in [1.807, 2.05) is 0 Å². The summed E-state index contributed by atoms with van der Waals surface area (Å²) in [4.78, 5) is 0. The van der Waals surface area contributed by atoms with Crippen LogP contribution in [0.15, 0.2) is 114 Å². The van der Waals surface area contributed by atoms with Crippen molar-refractivity contribution in [3.8, 4) is 16.8 Å². The van der Waals surface area contributed by atoms with Crippen LogP contribution in [0.25, 0.3) is 38.6 Å². The average molecular weight is 484 g/mol. The third-order valence-corrected chi connectivity index (χ3v) is 8.31. The minimum atomic E-state index is -0.351. The van der Waals surface area contributed by atoms with E-state index < -0.39 is 0 Å². The summed E-state index contributed by atoms with van der Waals surface area (Å²) in [5.74, 6) is 0. The van der Waals surface area contributed by atoms with Crippen LogP contribution in [0, 0.1) is 0 Å². The molecule has 33 heavy (non-hydrogen) atoms. The van der Waals surface area contributed by atoms with Gasteiger partial charge < -0.3 is 4.57 Å². The zero-order chi connectivity index (χ0) is 21.7. The van der Waals surface area contributed by atoms with E-state index >= 15 is 0 Å². The number of aromatic nitrogens is 1.